The van der Waals surface area contributed by atoms with E-state index in [2.05, 4.69) is 40.7 Å². The van der Waals surface area contributed by atoms with Crippen molar-refractivity contribution in [2.75, 3.05) is 26.0 Å². The third-order valence-corrected chi connectivity index (χ3v) is 6.07. The molecule has 0 aliphatic carbocycles. The lowest BCUT2D eigenvalue weighted by Gasteiger charge is -2.21. The minimum Gasteiger partial charge on any atom is -0.462 e. The molecule has 6 nitrogen and oxygen atoms in total. The first-order chi connectivity index (χ1) is 11.7. The Labute approximate surface area is 182 Å². The molecular formula is C17H31IN4O2S2. The van der Waals surface area contributed by atoms with Crippen LogP contribution in [-0.4, -0.2) is 47.6 Å². The van der Waals surface area contributed by atoms with E-state index in [-0.39, 0.29) is 40.7 Å². The first-order valence-electron chi connectivity index (χ1n) is 8.48. The van der Waals surface area contributed by atoms with Crippen LogP contribution in [0.1, 0.15) is 61.0 Å². The second-order valence-electron chi connectivity index (χ2n) is 6.21. The summed E-state index contributed by atoms with van der Waals surface area (Å²) in [6.07, 6.45) is 2.09. The lowest BCUT2D eigenvalue weighted by atomic mass is 10.2. The number of thioether (sulfide) groups is 1. The van der Waals surface area contributed by atoms with E-state index in [1.807, 2.05) is 20.8 Å². The Morgan fingerprint density at radius 1 is 1.42 bits per heavy atom. The second-order valence-corrected chi connectivity index (χ2v) is 8.76. The molecule has 0 aliphatic heterocycles. The predicted octanol–water partition coefficient (Wildman–Crippen LogP) is 4.00. The fraction of sp³-hybridized carbons (Fsp3) is 0.706. The smallest absolute Gasteiger partial charge is 0.350 e. The summed E-state index contributed by atoms with van der Waals surface area (Å²) in [6.45, 7) is 13.9. The van der Waals surface area contributed by atoms with Crippen molar-refractivity contribution >= 4 is 59.0 Å². The number of aliphatic imine (C=N–C) groups is 1. The highest BCUT2D eigenvalue weighted by molar-refractivity contribution is 14.0. The number of ether oxygens (including phenoxy) is 1. The van der Waals surface area contributed by atoms with Gasteiger partial charge in [0.15, 0.2) is 5.96 Å². The second kappa shape index (κ2) is 12.0. The van der Waals surface area contributed by atoms with Gasteiger partial charge in [0.1, 0.15) is 9.88 Å². The van der Waals surface area contributed by atoms with E-state index < -0.39 is 0 Å². The molecule has 0 aromatic carbocycles. The van der Waals surface area contributed by atoms with Crippen LogP contribution in [0.15, 0.2) is 4.99 Å². The highest BCUT2D eigenvalue weighted by atomic mass is 127. The molecule has 1 rings (SSSR count). The van der Waals surface area contributed by atoms with Crippen molar-refractivity contribution in [3.05, 3.63) is 15.6 Å². The molecule has 150 valence electrons. The zero-order valence-electron chi connectivity index (χ0n) is 16.6. The Morgan fingerprint density at radius 3 is 2.62 bits per heavy atom. The van der Waals surface area contributed by atoms with E-state index in [0.717, 1.165) is 17.5 Å². The maximum atomic E-state index is 12.0. The van der Waals surface area contributed by atoms with Crippen LogP contribution in [0.2, 0.25) is 0 Å². The van der Waals surface area contributed by atoms with Gasteiger partial charge in [0.05, 0.1) is 24.9 Å². The minimum atomic E-state index is -0.307. The summed E-state index contributed by atoms with van der Waals surface area (Å²) in [5.74, 6) is 0.445. The Morgan fingerprint density at radius 2 is 2.08 bits per heavy atom. The van der Waals surface area contributed by atoms with E-state index >= 15 is 0 Å². The molecule has 1 heterocycles. The number of aryl methyl sites for hydroxylation is 1. The Kier molecular flexibility index (Phi) is 11.8. The first-order valence-corrected chi connectivity index (χ1v) is 10.5. The highest BCUT2D eigenvalue weighted by Gasteiger charge is 2.21. The van der Waals surface area contributed by atoms with Gasteiger partial charge in [0.25, 0.3) is 0 Å². The zero-order valence-corrected chi connectivity index (χ0v) is 20.6. The summed E-state index contributed by atoms with van der Waals surface area (Å²) in [5.41, 5.74) is 0.706. The molecule has 0 saturated heterocycles. The topological polar surface area (TPSA) is 75.6 Å². The molecular weight excluding hydrogens is 483 g/mol. The standard InChI is InChI=1S/C17H30N4O2S2.HI/c1-8-18-16(19-10-17(5,6)24-7)21-12(4)14-20-11(3)13(25-14)15(22)23-9-2;/h12H,8-10H2,1-7H3,(H2,18,19,21);1H. The number of nitrogens with zero attached hydrogens (tertiary/aromatic N) is 2. The minimum absolute atomic E-state index is 0. The van der Waals surface area contributed by atoms with Gasteiger partial charge in [-0.25, -0.2) is 9.78 Å². The Balaban J connectivity index is 0.00000625. The van der Waals surface area contributed by atoms with Crippen LogP contribution >= 0.6 is 47.1 Å². The number of carbonyl (C=O) groups is 1. The number of rotatable bonds is 8. The summed E-state index contributed by atoms with van der Waals surface area (Å²) in [4.78, 5) is 21.7. The van der Waals surface area contributed by atoms with Gasteiger partial charge in [-0.2, -0.15) is 11.8 Å². The van der Waals surface area contributed by atoms with E-state index in [0.29, 0.717) is 23.7 Å². The lowest BCUT2D eigenvalue weighted by molar-refractivity contribution is 0.0531. The molecule has 1 atom stereocenters. The number of hydrogen-bond donors (Lipinski definition) is 2. The molecule has 2 N–H and O–H groups in total. The van der Waals surface area contributed by atoms with E-state index in [1.165, 1.54) is 11.3 Å². The van der Waals surface area contributed by atoms with Gasteiger partial charge in [-0.1, -0.05) is 0 Å². The van der Waals surface area contributed by atoms with Crippen LogP contribution in [-0.2, 0) is 4.74 Å². The molecule has 0 spiro atoms. The summed E-state index contributed by atoms with van der Waals surface area (Å²) < 4.78 is 5.17. The summed E-state index contributed by atoms with van der Waals surface area (Å²) in [7, 11) is 0. The largest absolute Gasteiger partial charge is 0.462 e. The van der Waals surface area contributed by atoms with Crippen molar-refractivity contribution in [2.45, 2.75) is 52.3 Å². The zero-order chi connectivity index (χ0) is 19.0. The average molecular weight is 514 g/mol. The fourth-order valence-corrected chi connectivity index (χ4v) is 3.07. The van der Waals surface area contributed by atoms with Crippen LogP contribution < -0.4 is 10.6 Å². The molecule has 1 aromatic rings. The lowest BCUT2D eigenvalue weighted by Crippen LogP contribution is -2.39. The molecule has 1 aromatic heterocycles. The molecule has 26 heavy (non-hydrogen) atoms. The third kappa shape index (κ3) is 7.99. The number of hydrogen-bond acceptors (Lipinski definition) is 6. The van der Waals surface area contributed by atoms with E-state index in [4.69, 9.17) is 4.74 Å². The maximum absolute atomic E-state index is 12.0. The van der Waals surface area contributed by atoms with Crippen LogP contribution in [0.3, 0.4) is 0 Å². The van der Waals surface area contributed by atoms with Crippen LogP contribution in [0, 0.1) is 6.92 Å². The number of aromatic nitrogens is 1. The SMILES string of the molecule is CCNC(=NCC(C)(C)SC)NC(C)c1nc(C)c(C(=O)OCC)s1.I. The third-order valence-electron chi connectivity index (χ3n) is 3.51. The average Bonchev–Trinajstić information content (AvgIpc) is 2.95. The highest BCUT2D eigenvalue weighted by Crippen LogP contribution is 2.24. The Bertz CT molecular complexity index is 606. The van der Waals surface area contributed by atoms with Gasteiger partial charge < -0.3 is 15.4 Å². The van der Waals surface area contributed by atoms with Crippen molar-refractivity contribution in [3.8, 4) is 0 Å². The molecule has 0 amide bonds. The number of guanidine groups is 1. The van der Waals surface area contributed by atoms with Crippen molar-refractivity contribution < 1.29 is 9.53 Å². The van der Waals surface area contributed by atoms with Crippen LogP contribution in [0.4, 0.5) is 0 Å². The van der Waals surface area contributed by atoms with E-state index in [1.54, 1.807) is 18.7 Å². The van der Waals surface area contributed by atoms with E-state index in [9.17, 15) is 4.79 Å². The summed E-state index contributed by atoms with van der Waals surface area (Å²) in [5, 5.41) is 7.47. The number of carbonyl (C=O) groups excluding carboxylic acids is 1. The quantitative estimate of drug-likeness (QED) is 0.237. The van der Waals surface area contributed by atoms with Crippen molar-refractivity contribution in [1.82, 2.24) is 15.6 Å². The Hall–Kier alpha value is -0.550. The van der Waals surface area contributed by atoms with Gasteiger partial charge >= 0.3 is 5.97 Å². The normalized spacial score (nSPS) is 13.0. The summed E-state index contributed by atoms with van der Waals surface area (Å²) in [6, 6.07) is -0.0536. The molecule has 0 bridgehead atoms. The molecule has 0 aliphatic rings. The maximum Gasteiger partial charge on any atom is 0.350 e. The van der Waals surface area contributed by atoms with Gasteiger partial charge in [0, 0.05) is 11.3 Å². The van der Waals surface area contributed by atoms with Gasteiger partial charge in [-0.05, 0) is 47.8 Å². The van der Waals surface area contributed by atoms with Gasteiger partial charge in [0.2, 0.25) is 0 Å². The summed E-state index contributed by atoms with van der Waals surface area (Å²) >= 11 is 3.16. The van der Waals surface area contributed by atoms with Gasteiger partial charge in [-0.15, -0.1) is 35.3 Å². The van der Waals surface area contributed by atoms with Gasteiger partial charge in [-0.3, -0.25) is 4.99 Å². The molecule has 0 radical (unpaired) electrons. The number of thiazole rings is 1. The molecule has 9 heteroatoms. The van der Waals surface area contributed by atoms with Crippen LogP contribution in [0.25, 0.3) is 0 Å². The van der Waals surface area contributed by atoms with Crippen molar-refractivity contribution in [1.29, 1.82) is 0 Å². The fourth-order valence-electron chi connectivity index (χ4n) is 1.91. The number of esters is 1. The molecule has 0 saturated carbocycles. The number of nitrogens with one attached hydrogen (secondary N) is 2. The van der Waals surface area contributed by atoms with Crippen molar-refractivity contribution in [3.63, 3.8) is 0 Å². The van der Waals surface area contributed by atoms with Crippen LogP contribution in [0.5, 0.6) is 0 Å². The molecule has 1 unspecified atom stereocenters. The van der Waals surface area contributed by atoms with Crippen molar-refractivity contribution in [2.24, 2.45) is 4.99 Å². The monoisotopic (exact) mass is 514 g/mol. The molecule has 0 fully saturated rings. The predicted molar refractivity (Wildman–Crippen MR) is 123 cm³/mol. The number of halogens is 1. The first kappa shape index (κ1) is 25.4.